The average molecular weight is 395 g/mol. The number of aromatic amines is 1. The Hall–Kier alpha value is -2.47. The van der Waals surface area contributed by atoms with E-state index in [1.165, 1.54) is 12.8 Å². The topological polar surface area (TPSA) is 78.1 Å². The van der Waals surface area contributed by atoms with Crippen LogP contribution in [-0.4, -0.2) is 40.4 Å². The Morgan fingerprint density at radius 3 is 2.55 bits per heavy atom. The highest BCUT2D eigenvalue weighted by molar-refractivity contribution is 5.78. The molecule has 2 heterocycles. The van der Waals surface area contributed by atoms with E-state index in [4.69, 9.17) is 0 Å². The molecule has 4 rings (SSSR count). The van der Waals surface area contributed by atoms with Crippen LogP contribution in [0.1, 0.15) is 67.6 Å². The van der Waals surface area contributed by atoms with Crippen LogP contribution in [0.15, 0.2) is 41.2 Å². The smallest absolute Gasteiger partial charge is 0.251 e. The van der Waals surface area contributed by atoms with Crippen molar-refractivity contribution < 1.29 is 4.79 Å². The molecule has 2 fully saturated rings. The van der Waals surface area contributed by atoms with E-state index in [0.717, 1.165) is 55.9 Å². The Kier molecular flexibility index (Phi) is 6.39. The molecule has 1 atom stereocenters. The van der Waals surface area contributed by atoms with E-state index in [2.05, 4.69) is 20.2 Å². The van der Waals surface area contributed by atoms with Crippen molar-refractivity contribution in [3.63, 3.8) is 0 Å². The van der Waals surface area contributed by atoms with Crippen LogP contribution in [0.25, 0.3) is 0 Å². The largest absolute Gasteiger partial charge is 0.348 e. The van der Waals surface area contributed by atoms with Gasteiger partial charge in [-0.05, 0) is 44.3 Å². The summed E-state index contributed by atoms with van der Waals surface area (Å²) >= 11 is 0. The lowest BCUT2D eigenvalue weighted by molar-refractivity contribution is -0.123. The van der Waals surface area contributed by atoms with Gasteiger partial charge in [0.15, 0.2) is 0 Å². The van der Waals surface area contributed by atoms with E-state index in [0.29, 0.717) is 18.9 Å². The summed E-state index contributed by atoms with van der Waals surface area (Å²) in [4.78, 5) is 34.7. The molecular weight excluding hydrogens is 364 g/mol. The van der Waals surface area contributed by atoms with Crippen LogP contribution in [0, 0.1) is 0 Å². The van der Waals surface area contributed by atoms with E-state index in [1.54, 1.807) is 6.07 Å². The SMILES string of the molecule is O=C(CN1CCCCCC1)N[C@H](Cc1cc(=O)[nH]c(C2CC2)n1)c1ccccc1. The molecule has 6 heteroatoms. The lowest BCUT2D eigenvalue weighted by Gasteiger charge is -2.23. The molecule has 2 N–H and O–H groups in total. The van der Waals surface area contributed by atoms with Gasteiger partial charge in [-0.2, -0.15) is 0 Å². The molecule has 0 radical (unpaired) electrons. The van der Waals surface area contributed by atoms with Gasteiger partial charge in [-0.3, -0.25) is 14.5 Å². The third kappa shape index (κ3) is 5.76. The highest BCUT2D eigenvalue weighted by Gasteiger charge is 2.27. The maximum absolute atomic E-state index is 12.8. The second kappa shape index (κ2) is 9.35. The Balaban J connectivity index is 1.48. The van der Waals surface area contributed by atoms with Crippen LogP contribution >= 0.6 is 0 Å². The second-order valence-corrected chi connectivity index (χ2v) is 8.32. The highest BCUT2D eigenvalue weighted by Crippen LogP contribution is 2.37. The second-order valence-electron chi connectivity index (χ2n) is 8.32. The van der Waals surface area contributed by atoms with Crippen molar-refractivity contribution in [1.29, 1.82) is 0 Å². The van der Waals surface area contributed by atoms with Gasteiger partial charge in [0, 0.05) is 18.4 Å². The van der Waals surface area contributed by atoms with Gasteiger partial charge in [0.05, 0.1) is 18.3 Å². The van der Waals surface area contributed by atoms with Gasteiger partial charge in [0.25, 0.3) is 5.56 Å². The molecule has 0 bridgehead atoms. The van der Waals surface area contributed by atoms with E-state index < -0.39 is 0 Å². The third-order valence-corrected chi connectivity index (χ3v) is 5.79. The molecule has 1 aliphatic carbocycles. The van der Waals surface area contributed by atoms with Crippen molar-refractivity contribution in [3.8, 4) is 0 Å². The number of benzene rings is 1. The molecule has 154 valence electrons. The van der Waals surface area contributed by atoms with E-state index in [-0.39, 0.29) is 17.5 Å². The molecule has 1 amide bonds. The lowest BCUT2D eigenvalue weighted by Crippen LogP contribution is -2.40. The number of amides is 1. The zero-order chi connectivity index (χ0) is 20.1. The molecule has 1 aromatic carbocycles. The van der Waals surface area contributed by atoms with Gasteiger partial charge in [-0.1, -0.05) is 43.2 Å². The van der Waals surface area contributed by atoms with Crippen molar-refractivity contribution in [2.24, 2.45) is 0 Å². The zero-order valence-electron chi connectivity index (χ0n) is 16.9. The first kappa shape index (κ1) is 19.8. The van der Waals surface area contributed by atoms with Crippen LogP contribution in [-0.2, 0) is 11.2 Å². The average Bonchev–Trinajstić information content (AvgIpc) is 3.56. The van der Waals surface area contributed by atoms with Crippen molar-refractivity contribution in [1.82, 2.24) is 20.2 Å². The number of hydrogen-bond acceptors (Lipinski definition) is 4. The summed E-state index contributed by atoms with van der Waals surface area (Å²) in [5, 5.41) is 3.20. The summed E-state index contributed by atoms with van der Waals surface area (Å²) in [5.74, 6) is 1.21. The fraction of sp³-hybridized carbons (Fsp3) is 0.522. The van der Waals surface area contributed by atoms with E-state index in [9.17, 15) is 9.59 Å². The summed E-state index contributed by atoms with van der Waals surface area (Å²) < 4.78 is 0. The Bertz CT molecular complexity index is 868. The predicted octanol–water partition coefficient (Wildman–Crippen LogP) is 2.92. The minimum absolute atomic E-state index is 0.0352. The molecule has 1 aliphatic heterocycles. The minimum Gasteiger partial charge on any atom is -0.348 e. The first-order valence-electron chi connectivity index (χ1n) is 10.8. The van der Waals surface area contributed by atoms with Gasteiger partial charge in [-0.15, -0.1) is 0 Å². The predicted molar refractivity (Wildman–Crippen MR) is 113 cm³/mol. The minimum atomic E-state index is -0.197. The first-order valence-corrected chi connectivity index (χ1v) is 10.8. The number of carbonyl (C=O) groups is 1. The van der Waals surface area contributed by atoms with Crippen molar-refractivity contribution >= 4 is 5.91 Å². The van der Waals surface area contributed by atoms with Gasteiger partial charge >= 0.3 is 0 Å². The van der Waals surface area contributed by atoms with Crippen LogP contribution in [0.2, 0.25) is 0 Å². The van der Waals surface area contributed by atoms with Crippen molar-refractivity contribution in [2.45, 2.75) is 56.9 Å². The standard InChI is InChI=1S/C23H30N4O2/c28-21-15-19(24-23(26-21)18-10-11-18)14-20(17-8-4-3-5-9-17)25-22(29)16-27-12-6-1-2-7-13-27/h3-5,8-9,15,18,20H,1-2,6-7,10-14,16H2,(H,25,29)(H,24,26,28)/t20-/m1/s1. The molecule has 0 unspecified atom stereocenters. The molecule has 0 spiro atoms. The number of nitrogens with one attached hydrogen (secondary N) is 2. The highest BCUT2D eigenvalue weighted by atomic mass is 16.2. The molecule has 29 heavy (non-hydrogen) atoms. The van der Waals surface area contributed by atoms with Gasteiger partial charge in [0.2, 0.25) is 5.91 Å². The third-order valence-electron chi connectivity index (χ3n) is 5.79. The molecule has 1 aromatic heterocycles. The van der Waals surface area contributed by atoms with Crippen LogP contribution in [0.4, 0.5) is 0 Å². The maximum atomic E-state index is 12.8. The summed E-state index contributed by atoms with van der Waals surface area (Å²) in [6, 6.07) is 11.3. The maximum Gasteiger partial charge on any atom is 0.251 e. The quantitative estimate of drug-likeness (QED) is 0.757. The summed E-state index contributed by atoms with van der Waals surface area (Å²) in [6.07, 6.45) is 7.51. The molecule has 1 saturated carbocycles. The summed E-state index contributed by atoms with van der Waals surface area (Å²) in [5.41, 5.74) is 1.66. The Morgan fingerprint density at radius 1 is 1.14 bits per heavy atom. The van der Waals surface area contributed by atoms with Crippen LogP contribution in [0.3, 0.4) is 0 Å². The fourth-order valence-corrected chi connectivity index (χ4v) is 4.07. The van der Waals surface area contributed by atoms with Crippen LogP contribution < -0.4 is 10.9 Å². The molecule has 2 aliphatic rings. The molecule has 1 saturated heterocycles. The number of nitrogens with zero attached hydrogens (tertiary/aromatic N) is 2. The monoisotopic (exact) mass is 394 g/mol. The Labute approximate surface area is 171 Å². The number of H-pyrrole nitrogens is 1. The normalized spacial score (nSPS) is 18.8. The fourth-order valence-electron chi connectivity index (χ4n) is 4.07. The van der Waals surface area contributed by atoms with Crippen molar-refractivity contribution in [3.05, 3.63) is 63.8 Å². The molecule has 6 nitrogen and oxygen atoms in total. The number of carbonyl (C=O) groups excluding carboxylic acids is 1. The van der Waals surface area contributed by atoms with Gasteiger partial charge < -0.3 is 10.3 Å². The number of rotatable bonds is 7. The van der Waals surface area contributed by atoms with E-state index in [1.807, 2.05) is 30.3 Å². The van der Waals surface area contributed by atoms with Gasteiger partial charge in [0.1, 0.15) is 5.82 Å². The van der Waals surface area contributed by atoms with Gasteiger partial charge in [-0.25, -0.2) is 4.98 Å². The van der Waals surface area contributed by atoms with E-state index >= 15 is 0 Å². The van der Waals surface area contributed by atoms with Crippen molar-refractivity contribution in [2.75, 3.05) is 19.6 Å². The number of likely N-dealkylation sites (tertiary alicyclic amines) is 1. The van der Waals surface area contributed by atoms with Crippen LogP contribution in [0.5, 0.6) is 0 Å². The summed E-state index contributed by atoms with van der Waals surface area (Å²) in [6.45, 7) is 2.41. The lowest BCUT2D eigenvalue weighted by atomic mass is 10.0. The number of hydrogen-bond donors (Lipinski definition) is 2. The zero-order valence-corrected chi connectivity index (χ0v) is 16.9. The first-order chi connectivity index (χ1) is 14.2. The summed E-state index contributed by atoms with van der Waals surface area (Å²) in [7, 11) is 0. The Morgan fingerprint density at radius 2 is 1.86 bits per heavy atom. The molecule has 2 aromatic rings. The molecular formula is C23H30N4O2. The number of aromatic nitrogens is 2.